The lowest BCUT2D eigenvalue weighted by molar-refractivity contribution is 0.126. The first-order valence-corrected chi connectivity index (χ1v) is 7.73. The number of methoxy groups -OCH3 is 1. The highest BCUT2D eigenvalue weighted by Gasteiger charge is 2.32. The second-order valence-electron chi connectivity index (χ2n) is 5.91. The minimum absolute atomic E-state index is 0.0699. The van der Waals surface area contributed by atoms with E-state index < -0.39 is 6.10 Å². The quantitative estimate of drug-likeness (QED) is 0.766. The molecule has 20 heavy (non-hydrogen) atoms. The van der Waals surface area contributed by atoms with Gasteiger partial charge in [-0.25, -0.2) is 0 Å². The molecule has 3 heteroatoms. The summed E-state index contributed by atoms with van der Waals surface area (Å²) in [5.74, 6) is 1.64. The van der Waals surface area contributed by atoms with Crippen molar-refractivity contribution in [3.05, 3.63) is 29.8 Å². The largest absolute Gasteiger partial charge is 0.497 e. The third kappa shape index (κ3) is 3.97. The molecule has 2 N–H and O–H groups in total. The van der Waals surface area contributed by atoms with Crippen LogP contribution in [0.25, 0.3) is 0 Å². The molecule has 1 aliphatic rings. The van der Waals surface area contributed by atoms with Crippen LogP contribution in [0.2, 0.25) is 0 Å². The predicted octanol–water partition coefficient (Wildman–Crippen LogP) is 3.29. The van der Waals surface area contributed by atoms with Crippen LogP contribution in [0.15, 0.2) is 24.3 Å². The standard InChI is InChI=1S/C17H27NO2/c1-4-5-16(13-6-7-13)18-12(2)17(19)14-8-10-15(20-3)11-9-14/h8-13,16-19H,4-7H2,1-3H3. The maximum atomic E-state index is 10.5. The van der Waals surface area contributed by atoms with Gasteiger partial charge in [-0.2, -0.15) is 0 Å². The van der Waals surface area contributed by atoms with Crippen molar-refractivity contribution in [3.63, 3.8) is 0 Å². The number of rotatable bonds is 8. The van der Waals surface area contributed by atoms with E-state index in [1.807, 2.05) is 24.3 Å². The molecule has 1 aromatic rings. The first-order chi connectivity index (χ1) is 9.65. The van der Waals surface area contributed by atoms with E-state index in [0.29, 0.717) is 6.04 Å². The Labute approximate surface area is 122 Å². The predicted molar refractivity (Wildman–Crippen MR) is 82.0 cm³/mol. The molecular weight excluding hydrogens is 250 g/mol. The molecule has 0 spiro atoms. The summed E-state index contributed by atoms with van der Waals surface area (Å²) in [6, 6.07) is 8.30. The summed E-state index contributed by atoms with van der Waals surface area (Å²) < 4.78 is 5.15. The lowest BCUT2D eigenvalue weighted by atomic mass is 10.00. The van der Waals surface area contributed by atoms with Crippen LogP contribution in [-0.4, -0.2) is 24.3 Å². The van der Waals surface area contributed by atoms with Gasteiger partial charge in [0.2, 0.25) is 0 Å². The second kappa shape index (κ2) is 7.09. The molecule has 3 unspecified atom stereocenters. The molecular formula is C17H27NO2. The van der Waals surface area contributed by atoms with Crippen LogP contribution in [0.3, 0.4) is 0 Å². The van der Waals surface area contributed by atoms with Crippen molar-refractivity contribution < 1.29 is 9.84 Å². The summed E-state index contributed by atoms with van der Waals surface area (Å²) in [6.45, 7) is 4.29. The Kier molecular flexibility index (Phi) is 5.44. The summed E-state index contributed by atoms with van der Waals surface area (Å²) in [6.07, 6.45) is 4.59. The van der Waals surface area contributed by atoms with Gasteiger partial charge < -0.3 is 15.2 Å². The van der Waals surface area contributed by atoms with Crippen molar-refractivity contribution in [2.75, 3.05) is 7.11 Å². The second-order valence-corrected chi connectivity index (χ2v) is 5.91. The normalized spacial score (nSPS) is 19.4. The van der Waals surface area contributed by atoms with E-state index in [2.05, 4.69) is 19.2 Å². The maximum absolute atomic E-state index is 10.5. The highest BCUT2D eigenvalue weighted by atomic mass is 16.5. The molecule has 2 rings (SSSR count). The molecule has 0 heterocycles. The molecule has 0 saturated heterocycles. The third-order valence-corrected chi connectivity index (χ3v) is 4.20. The number of hydrogen-bond donors (Lipinski definition) is 2. The molecule has 3 nitrogen and oxygen atoms in total. The van der Waals surface area contributed by atoms with Gasteiger partial charge in [-0.1, -0.05) is 25.5 Å². The van der Waals surface area contributed by atoms with E-state index in [9.17, 15) is 5.11 Å². The monoisotopic (exact) mass is 277 g/mol. The summed E-state index contributed by atoms with van der Waals surface area (Å²) in [7, 11) is 1.65. The third-order valence-electron chi connectivity index (χ3n) is 4.20. The Balaban J connectivity index is 1.93. The number of hydrogen-bond acceptors (Lipinski definition) is 3. The van der Waals surface area contributed by atoms with Crippen molar-refractivity contribution in [1.82, 2.24) is 5.32 Å². The first kappa shape index (κ1) is 15.3. The summed E-state index contributed by atoms with van der Waals surface area (Å²) in [5, 5.41) is 14.1. The fourth-order valence-corrected chi connectivity index (χ4v) is 2.78. The number of aliphatic hydroxyl groups excluding tert-OH is 1. The summed E-state index contributed by atoms with van der Waals surface area (Å²) in [5.41, 5.74) is 0.942. The Bertz CT molecular complexity index is 400. The van der Waals surface area contributed by atoms with Crippen LogP contribution in [0, 0.1) is 5.92 Å². The zero-order valence-corrected chi connectivity index (χ0v) is 12.8. The lowest BCUT2D eigenvalue weighted by Crippen LogP contribution is -2.41. The summed E-state index contributed by atoms with van der Waals surface area (Å²) in [4.78, 5) is 0. The van der Waals surface area contributed by atoms with Gasteiger partial charge in [-0.3, -0.25) is 0 Å². The highest BCUT2D eigenvalue weighted by molar-refractivity contribution is 5.29. The topological polar surface area (TPSA) is 41.5 Å². The van der Waals surface area contributed by atoms with Crippen LogP contribution in [0.5, 0.6) is 5.75 Å². The lowest BCUT2D eigenvalue weighted by Gasteiger charge is -2.27. The maximum Gasteiger partial charge on any atom is 0.118 e. The molecule has 3 atom stereocenters. The molecule has 1 aliphatic carbocycles. The van der Waals surface area contributed by atoms with E-state index in [1.54, 1.807) is 7.11 Å². The van der Waals surface area contributed by atoms with Gasteiger partial charge in [0, 0.05) is 12.1 Å². The zero-order valence-electron chi connectivity index (χ0n) is 12.8. The molecule has 112 valence electrons. The van der Waals surface area contributed by atoms with E-state index in [0.717, 1.165) is 17.2 Å². The molecule has 0 radical (unpaired) electrons. The number of aliphatic hydroxyl groups is 1. The average Bonchev–Trinajstić information content (AvgIpc) is 3.30. The van der Waals surface area contributed by atoms with E-state index in [4.69, 9.17) is 4.74 Å². The molecule has 1 fully saturated rings. The Morgan fingerprint density at radius 2 is 1.95 bits per heavy atom. The molecule has 1 saturated carbocycles. The number of benzene rings is 1. The molecule has 0 amide bonds. The van der Waals surface area contributed by atoms with E-state index >= 15 is 0 Å². The zero-order chi connectivity index (χ0) is 14.5. The van der Waals surface area contributed by atoms with E-state index in [1.165, 1.54) is 25.7 Å². The molecule has 1 aromatic carbocycles. The van der Waals surface area contributed by atoms with Gasteiger partial charge in [0.15, 0.2) is 0 Å². The fraction of sp³-hybridized carbons (Fsp3) is 0.647. The fourth-order valence-electron chi connectivity index (χ4n) is 2.78. The minimum Gasteiger partial charge on any atom is -0.497 e. The van der Waals surface area contributed by atoms with Crippen LogP contribution in [-0.2, 0) is 0 Å². The molecule has 0 bridgehead atoms. The van der Waals surface area contributed by atoms with Crippen LogP contribution >= 0.6 is 0 Å². The van der Waals surface area contributed by atoms with Crippen molar-refractivity contribution in [3.8, 4) is 5.75 Å². The van der Waals surface area contributed by atoms with Gasteiger partial charge in [-0.05, 0) is 49.8 Å². The van der Waals surface area contributed by atoms with Crippen molar-refractivity contribution >= 4 is 0 Å². The average molecular weight is 277 g/mol. The van der Waals surface area contributed by atoms with Crippen LogP contribution in [0.4, 0.5) is 0 Å². The SMILES string of the molecule is CCCC(NC(C)C(O)c1ccc(OC)cc1)C1CC1. The van der Waals surface area contributed by atoms with Crippen LogP contribution < -0.4 is 10.1 Å². The summed E-state index contributed by atoms with van der Waals surface area (Å²) >= 11 is 0. The highest BCUT2D eigenvalue weighted by Crippen LogP contribution is 2.35. The van der Waals surface area contributed by atoms with Gasteiger partial charge in [0.25, 0.3) is 0 Å². The van der Waals surface area contributed by atoms with Crippen molar-refractivity contribution in [1.29, 1.82) is 0 Å². The van der Waals surface area contributed by atoms with Crippen LogP contribution in [0.1, 0.15) is 51.2 Å². The van der Waals surface area contributed by atoms with Gasteiger partial charge in [0.1, 0.15) is 5.75 Å². The van der Waals surface area contributed by atoms with Gasteiger partial charge in [0.05, 0.1) is 13.2 Å². The smallest absolute Gasteiger partial charge is 0.118 e. The Morgan fingerprint density at radius 3 is 2.45 bits per heavy atom. The Morgan fingerprint density at radius 1 is 1.30 bits per heavy atom. The first-order valence-electron chi connectivity index (χ1n) is 7.73. The molecule has 0 aromatic heterocycles. The number of ether oxygens (including phenoxy) is 1. The van der Waals surface area contributed by atoms with E-state index in [-0.39, 0.29) is 6.04 Å². The Hall–Kier alpha value is -1.06. The van der Waals surface area contributed by atoms with Crippen molar-refractivity contribution in [2.24, 2.45) is 5.92 Å². The van der Waals surface area contributed by atoms with Gasteiger partial charge >= 0.3 is 0 Å². The van der Waals surface area contributed by atoms with Crippen molar-refractivity contribution in [2.45, 2.75) is 57.7 Å². The van der Waals surface area contributed by atoms with Gasteiger partial charge in [-0.15, -0.1) is 0 Å². The number of nitrogens with one attached hydrogen (secondary N) is 1. The minimum atomic E-state index is -0.473. The molecule has 0 aliphatic heterocycles.